The molecule has 2 aliphatic rings. The smallest absolute Gasteiger partial charge is 0.271 e. The molecule has 0 spiro atoms. The SMILES string of the molecule is COc1ccc(C(=O)N/N=C(\C)C2C3C=CC(C3)C2(C)C)cc1. The normalized spacial score (nSPS) is 28.0. The number of hydrazone groups is 1. The van der Waals surface area contributed by atoms with Crippen LogP contribution in [0.3, 0.4) is 0 Å². The molecule has 3 rings (SSSR count). The van der Waals surface area contributed by atoms with E-state index in [1.54, 1.807) is 31.4 Å². The van der Waals surface area contributed by atoms with Crippen LogP contribution < -0.4 is 10.2 Å². The molecule has 1 saturated carbocycles. The van der Waals surface area contributed by atoms with Gasteiger partial charge in [0.15, 0.2) is 0 Å². The molecule has 0 heterocycles. The summed E-state index contributed by atoms with van der Waals surface area (Å²) < 4.78 is 5.10. The van der Waals surface area contributed by atoms with E-state index in [0.29, 0.717) is 23.3 Å². The Hall–Kier alpha value is -2.10. The number of carbonyl (C=O) groups excluding carboxylic acids is 1. The highest BCUT2D eigenvalue weighted by molar-refractivity contribution is 5.95. The van der Waals surface area contributed by atoms with Crippen LogP contribution in [-0.2, 0) is 0 Å². The summed E-state index contributed by atoms with van der Waals surface area (Å²) >= 11 is 0. The molecule has 0 aromatic heterocycles. The molecule has 1 N–H and O–H groups in total. The van der Waals surface area contributed by atoms with Crippen molar-refractivity contribution in [2.45, 2.75) is 27.2 Å². The molecule has 0 radical (unpaired) electrons. The summed E-state index contributed by atoms with van der Waals surface area (Å²) in [5.41, 5.74) is 4.49. The lowest BCUT2D eigenvalue weighted by molar-refractivity contribution is 0.0954. The summed E-state index contributed by atoms with van der Waals surface area (Å²) in [5, 5.41) is 4.39. The average Bonchev–Trinajstić information content (AvgIpc) is 3.11. The van der Waals surface area contributed by atoms with E-state index in [-0.39, 0.29) is 11.3 Å². The number of benzene rings is 1. The number of nitrogens with zero attached hydrogens (tertiary/aromatic N) is 1. The molecule has 1 fully saturated rings. The Bertz CT molecular complexity index is 658. The molecule has 0 aliphatic heterocycles. The van der Waals surface area contributed by atoms with Gasteiger partial charge in [0.1, 0.15) is 5.75 Å². The summed E-state index contributed by atoms with van der Waals surface area (Å²) in [4.78, 5) is 12.2. The molecule has 1 amide bonds. The molecule has 3 atom stereocenters. The van der Waals surface area contributed by atoms with Crippen LogP contribution >= 0.6 is 0 Å². The maximum absolute atomic E-state index is 12.2. The Morgan fingerprint density at radius 2 is 1.96 bits per heavy atom. The Labute approximate surface area is 137 Å². The van der Waals surface area contributed by atoms with Crippen LogP contribution in [-0.4, -0.2) is 18.7 Å². The van der Waals surface area contributed by atoms with Gasteiger partial charge in [-0.25, -0.2) is 5.43 Å². The lowest BCUT2D eigenvalue weighted by Crippen LogP contribution is -2.34. The first-order valence-corrected chi connectivity index (χ1v) is 8.10. The van der Waals surface area contributed by atoms with Crippen molar-refractivity contribution in [3.8, 4) is 5.75 Å². The number of nitrogens with one attached hydrogen (secondary N) is 1. The number of hydrogen-bond acceptors (Lipinski definition) is 3. The number of rotatable bonds is 4. The van der Waals surface area contributed by atoms with Gasteiger partial charge in [-0.05, 0) is 54.9 Å². The minimum absolute atomic E-state index is 0.191. The third kappa shape index (κ3) is 2.78. The zero-order valence-electron chi connectivity index (χ0n) is 14.2. The molecule has 1 aromatic rings. The van der Waals surface area contributed by atoms with Gasteiger partial charge in [-0.15, -0.1) is 0 Å². The second-order valence-corrected chi connectivity index (χ2v) is 7.11. The van der Waals surface area contributed by atoms with Crippen LogP contribution in [0.2, 0.25) is 0 Å². The Kier molecular flexibility index (Phi) is 4.00. The molecule has 0 saturated heterocycles. The fraction of sp³-hybridized carbons (Fsp3) is 0.474. The second-order valence-electron chi connectivity index (χ2n) is 7.11. The molecular formula is C19H24N2O2. The summed E-state index contributed by atoms with van der Waals surface area (Å²) in [6.07, 6.45) is 5.85. The first-order chi connectivity index (χ1) is 10.9. The van der Waals surface area contributed by atoms with Gasteiger partial charge in [-0.2, -0.15) is 5.10 Å². The van der Waals surface area contributed by atoms with E-state index < -0.39 is 0 Å². The number of carbonyl (C=O) groups is 1. The van der Waals surface area contributed by atoms with Crippen LogP contribution in [0.15, 0.2) is 41.5 Å². The highest BCUT2D eigenvalue weighted by atomic mass is 16.5. The summed E-state index contributed by atoms with van der Waals surface area (Å²) in [7, 11) is 1.61. The largest absolute Gasteiger partial charge is 0.497 e. The van der Waals surface area contributed by atoms with Gasteiger partial charge >= 0.3 is 0 Å². The van der Waals surface area contributed by atoms with E-state index in [1.807, 2.05) is 6.92 Å². The van der Waals surface area contributed by atoms with E-state index in [2.05, 4.69) is 36.5 Å². The van der Waals surface area contributed by atoms with Gasteiger partial charge in [0.05, 0.1) is 7.11 Å². The Balaban J connectivity index is 1.69. The van der Waals surface area contributed by atoms with Crippen molar-refractivity contribution in [1.29, 1.82) is 0 Å². The van der Waals surface area contributed by atoms with Crippen LogP contribution in [0.5, 0.6) is 5.75 Å². The number of methoxy groups -OCH3 is 1. The maximum atomic E-state index is 12.2. The van der Waals surface area contributed by atoms with Crippen LogP contribution in [0, 0.1) is 23.2 Å². The molecule has 23 heavy (non-hydrogen) atoms. The summed E-state index contributed by atoms with van der Waals surface area (Å²) in [5.74, 6) is 2.12. The monoisotopic (exact) mass is 312 g/mol. The molecule has 4 heteroatoms. The quantitative estimate of drug-likeness (QED) is 0.524. The Morgan fingerprint density at radius 1 is 1.26 bits per heavy atom. The fourth-order valence-electron chi connectivity index (χ4n) is 4.17. The maximum Gasteiger partial charge on any atom is 0.271 e. The standard InChI is InChI=1S/C19H24N2O2/c1-12(17-14-5-8-15(11-14)19(17,2)3)20-21-18(22)13-6-9-16(23-4)10-7-13/h5-10,14-15,17H,11H2,1-4H3,(H,21,22)/b20-12+. The topological polar surface area (TPSA) is 50.7 Å². The van der Waals surface area contributed by atoms with Gasteiger partial charge in [0, 0.05) is 17.2 Å². The average molecular weight is 312 g/mol. The first-order valence-electron chi connectivity index (χ1n) is 8.10. The molecular weight excluding hydrogens is 288 g/mol. The van der Waals surface area contributed by atoms with Crippen molar-refractivity contribution in [2.75, 3.05) is 7.11 Å². The number of ether oxygens (including phenoxy) is 1. The van der Waals surface area contributed by atoms with Gasteiger partial charge < -0.3 is 4.74 Å². The Morgan fingerprint density at radius 3 is 2.52 bits per heavy atom. The summed E-state index contributed by atoms with van der Waals surface area (Å²) in [6.45, 7) is 6.63. The van der Waals surface area contributed by atoms with Crippen molar-refractivity contribution in [1.82, 2.24) is 5.43 Å². The molecule has 1 aromatic carbocycles. The van der Waals surface area contributed by atoms with Crippen molar-refractivity contribution in [2.24, 2.45) is 28.3 Å². The van der Waals surface area contributed by atoms with Crippen LogP contribution in [0.25, 0.3) is 0 Å². The third-order valence-corrected chi connectivity index (χ3v) is 5.44. The number of amides is 1. The minimum Gasteiger partial charge on any atom is -0.497 e. The van der Waals surface area contributed by atoms with E-state index >= 15 is 0 Å². The van der Waals surface area contributed by atoms with Crippen molar-refractivity contribution in [3.05, 3.63) is 42.0 Å². The van der Waals surface area contributed by atoms with Crippen LogP contribution in [0.4, 0.5) is 0 Å². The molecule has 2 aliphatic carbocycles. The van der Waals surface area contributed by atoms with E-state index in [9.17, 15) is 4.79 Å². The van der Waals surface area contributed by atoms with Gasteiger partial charge in [0.25, 0.3) is 5.91 Å². The molecule has 2 bridgehead atoms. The van der Waals surface area contributed by atoms with Crippen LogP contribution in [0.1, 0.15) is 37.6 Å². The predicted molar refractivity (Wildman–Crippen MR) is 91.6 cm³/mol. The lowest BCUT2D eigenvalue weighted by Gasteiger charge is -2.35. The van der Waals surface area contributed by atoms with Crippen molar-refractivity contribution < 1.29 is 9.53 Å². The molecule has 4 nitrogen and oxygen atoms in total. The van der Waals surface area contributed by atoms with Gasteiger partial charge in [0.2, 0.25) is 0 Å². The third-order valence-electron chi connectivity index (χ3n) is 5.44. The molecule has 3 unspecified atom stereocenters. The predicted octanol–water partition coefficient (Wildman–Crippen LogP) is 3.65. The first kappa shape index (κ1) is 15.8. The van der Waals surface area contributed by atoms with E-state index in [0.717, 1.165) is 11.5 Å². The fourth-order valence-corrected chi connectivity index (χ4v) is 4.17. The zero-order chi connectivity index (χ0) is 16.6. The van der Waals surface area contributed by atoms with Crippen molar-refractivity contribution in [3.63, 3.8) is 0 Å². The lowest BCUT2D eigenvalue weighted by atomic mass is 9.69. The van der Waals surface area contributed by atoms with E-state index in [4.69, 9.17) is 4.74 Å². The second kappa shape index (κ2) is 5.84. The van der Waals surface area contributed by atoms with Gasteiger partial charge in [-0.1, -0.05) is 26.0 Å². The highest BCUT2D eigenvalue weighted by Gasteiger charge is 2.51. The number of hydrogen-bond donors (Lipinski definition) is 1. The number of allylic oxidation sites excluding steroid dienone is 2. The molecule has 122 valence electrons. The van der Waals surface area contributed by atoms with E-state index in [1.165, 1.54) is 6.42 Å². The zero-order valence-corrected chi connectivity index (χ0v) is 14.2. The van der Waals surface area contributed by atoms with Gasteiger partial charge in [-0.3, -0.25) is 4.79 Å². The minimum atomic E-state index is -0.191. The summed E-state index contributed by atoms with van der Waals surface area (Å²) in [6, 6.07) is 7.02. The van der Waals surface area contributed by atoms with Crippen molar-refractivity contribution >= 4 is 11.6 Å². The highest BCUT2D eigenvalue weighted by Crippen LogP contribution is 2.56. The number of fused-ring (bicyclic) bond motifs is 2.